The van der Waals surface area contributed by atoms with E-state index >= 15 is 0 Å². The van der Waals surface area contributed by atoms with Crippen LogP contribution in [0.4, 0.5) is 0 Å². The van der Waals surface area contributed by atoms with E-state index in [1.807, 2.05) is 0 Å². The standard InChI is InChI=1S/C38H51NO13/c1-7-8-9-10-11-12-31(41)50-35-26(19-33(43)46-6)17-27-20-28(21-40)49-32(42)15-16-47-30-14-13-25(34-23(2)39-52-24(34)3)18-29(30)36(44)48-22-37(4,5)38(35,45)51-27/h13-14,18-19,27-28,35,40,45H,7-12,15-17,20-22H2,1-6H3/b26-19+/t27-,28?,35-,38+/m0/s1. The van der Waals surface area contributed by atoms with Gasteiger partial charge in [0.15, 0.2) is 6.10 Å². The summed E-state index contributed by atoms with van der Waals surface area (Å²) in [7, 11) is 1.19. The Labute approximate surface area is 303 Å². The van der Waals surface area contributed by atoms with Gasteiger partial charge >= 0.3 is 23.9 Å². The second kappa shape index (κ2) is 18.0. The number of carbonyl (C=O) groups is 4. The highest BCUT2D eigenvalue weighted by molar-refractivity contribution is 5.94. The highest BCUT2D eigenvalue weighted by Crippen LogP contribution is 2.46. The van der Waals surface area contributed by atoms with E-state index in [1.54, 1.807) is 45.9 Å². The molecule has 0 radical (unpaired) electrons. The first-order valence-electron chi connectivity index (χ1n) is 17.8. The average molecular weight is 730 g/mol. The van der Waals surface area contributed by atoms with Crippen molar-refractivity contribution in [1.82, 2.24) is 5.16 Å². The minimum absolute atomic E-state index is 0.0220. The van der Waals surface area contributed by atoms with Crippen LogP contribution in [0.1, 0.15) is 100 Å². The van der Waals surface area contributed by atoms with E-state index in [1.165, 1.54) is 7.11 Å². The van der Waals surface area contributed by atoms with Gasteiger partial charge in [-0.1, -0.05) is 57.7 Å². The third-order valence-corrected chi connectivity index (χ3v) is 9.39. The molecule has 3 heterocycles. The number of benzene rings is 1. The van der Waals surface area contributed by atoms with Gasteiger partial charge in [-0.05, 0) is 50.0 Å². The SMILES string of the molecule is CCCCCCCC(=O)O[C@H]1/C(=C/C(=O)OC)C[C@H]2CC(CO)OC(=O)CCOc3ccc(-c4c(C)noc4C)cc3C(=O)OCC(C)(C)[C@]1(O)O2. The van der Waals surface area contributed by atoms with Crippen molar-refractivity contribution in [3.05, 3.63) is 46.9 Å². The number of aliphatic hydroxyl groups excluding tert-OH is 1. The fourth-order valence-electron chi connectivity index (χ4n) is 6.42. The summed E-state index contributed by atoms with van der Waals surface area (Å²) < 4.78 is 39.7. The van der Waals surface area contributed by atoms with Crippen LogP contribution in [0.3, 0.4) is 0 Å². The number of ether oxygens (including phenoxy) is 6. The van der Waals surface area contributed by atoms with Crippen molar-refractivity contribution in [3.63, 3.8) is 0 Å². The maximum Gasteiger partial charge on any atom is 0.341 e. The fraction of sp³-hybridized carbons (Fsp3) is 0.605. The van der Waals surface area contributed by atoms with E-state index < -0.39 is 66.6 Å². The number of rotatable bonds is 10. The van der Waals surface area contributed by atoms with Gasteiger partial charge in [0.05, 0.1) is 44.0 Å². The minimum atomic E-state index is -2.40. The average Bonchev–Trinajstić information content (AvgIpc) is 3.44. The molecule has 52 heavy (non-hydrogen) atoms. The quantitative estimate of drug-likeness (QED) is 0.143. The maximum absolute atomic E-state index is 13.9. The predicted molar refractivity (Wildman–Crippen MR) is 185 cm³/mol. The summed E-state index contributed by atoms with van der Waals surface area (Å²) in [6.45, 7) is 7.57. The predicted octanol–water partition coefficient (Wildman–Crippen LogP) is 5.07. The number of aromatic nitrogens is 1. The third-order valence-electron chi connectivity index (χ3n) is 9.39. The third kappa shape index (κ3) is 9.78. The molecule has 1 fully saturated rings. The van der Waals surface area contributed by atoms with Gasteiger partial charge in [-0.3, -0.25) is 9.59 Å². The number of carbonyl (C=O) groups excluding carboxylic acids is 4. The molecule has 1 aromatic heterocycles. The molecule has 0 spiro atoms. The van der Waals surface area contributed by atoms with Gasteiger partial charge in [-0.2, -0.15) is 0 Å². The lowest BCUT2D eigenvalue weighted by Gasteiger charge is -2.51. The van der Waals surface area contributed by atoms with E-state index in [4.69, 9.17) is 32.9 Å². The van der Waals surface area contributed by atoms with Crippen molar-refractivity contribution in [2.45, 2.75) is 117 Å². The Morgan fingerprint density at radius 3 is 2.52 bits per heavy atom. The summed E-state index contributed by atoms with van der Waals surface area (Å²) in [4.78, 5) is 52.6. The zero-order valence-corrected chi connectivity index (χ0v) is 30.9. The van der Waals surface area contributed by atoms with E-state index in [9.17, 15) is 29.4 Å². The molecule has 4 atom stereocenters. The number of cyclic esters (lactones) is 2. The fourth-order valence-corrected chi connectivity index (χ4v) is 6.42. The van der Waals surface area contributed by atoms with Crippen LogP contribution in [0.5, 0.6) is 5.75 Å². The van der Waals surface area contributed by atoms with Crippen LogP contribution in [0.25, 0.3) is 11.1 Å². The van der Waals surface area contributed by atoms with E-state index in [-0.39, 0.29) is 49.2 Å². The smallest absolute Gasteiger partial charge is 0.341 e. The topological polar surface area (TPSA) is 190 Å². The number of aliphatic hydroxyl groups is 2. The molecule has 0 amide bonds. The number of hydrogen-bond acceptors (Lipinski definition) is 14. The molecular formula is C38H51NO13. The normalized spacial score (nSPS) is 24.6. The molecule has 0 saturated carbocycles. The van der Waals surface area contributed by atoms with E-state index in [0.717, 1.165) is 31.8 Å². The number of aryl methyl sites for hydroxylation is 2. The molecule has 1 aromatic carbocycles. The summed E-state index contributed by atoms with van der Waals surface area (Å²) in [6, 6.07) is 4.85. The molecule has 0 aliphatic carbocycles. The first-order valence-corrected chi connectivity index (χ1v) is 17.8. The van der Waals surface area contributed by atoms with Gasteiger partial charge in [0.2, 0.25) is 5.79 Å². The van der Waals surface area contributed by atoms with Crippen LogP contribution in [-0.2, 0) is 38.1 Å². The monoisotopic (exact) mass is 729 g/mol. The van der Waals surface area contributed by atoms with Gasteiger partial charge in [-0.25, -0.2) is 9.59 Å². The molecule has 1 saturated heterocycles. The number of esters is 4. The highest BCUT2D eigenvalue weighted by atomic mass is 16.7. The van der Waals surface area contributed by atoms with Crippen LogP contribution in [0, 0.1) is 19.3 Å². The molecule has 2 aliphatic rings. The number of hydrogen-bond donors (Lipinski definition) is 2. The lowest BCUT2D eigenvalue weighted by molar-refractivity contribution is -0.340. The Morgan fingerprint density at radius 2 is 1.85 bits per heavy atom. The van der Waals surface area contributed by atoms with E-state index in [0.29, 0.717) is 29.0 Å². The number of methoxy groups -OCH3 is 1. The van der Waals surface area contributed by atoms with E-state index in [2.05, 4.69) is 12.1 Å². The molecule has 286 valence electrons. The Balaban J connectivity index is 1.75. The number of unbranched alkanes of at least 4 members (excludes halogenated alkanes) is 4. The van der Waals surface area contributed by atoms with Crippen LogP contribution in [-0.4, -0.2) is 90.3 Å². The minimum Gasteiger partial charge on any atom is -0.492 e. The Hall–Kier alpha value is -4.27. The Morgan fingerprint density at radius 1 is 1.10 bits per heavy atom. The van der Waals surface area contributed by atoms with Gasteiger partial charge in [0, 0.05) is 24.5 Å². The molecular weight excluding hydrogens is 678 g/mol. The van der Waals surface area contributed by atoms with Crippen molar-refractivity contribution in [2.24, 2.45) is 5.41 Å². The zero-order valence-electron chi connectivity index (χ0n) is 30.9. The lowest BCUT2D eigenvalue weighted by atomic mass is 9.75. The summed E-state index contributed by atoms with van der Waals surface area (Å²) in [5.41, 5.74) is 0.574. The molecule has 2 bridgehead atoms. The molecule has 2 aromatic rings. The first kappa shape index (κ1) is 40.5. The van der Waals surface area contributed by atoms with Crippen molar-refractivity contribution < 1.29 is 62.3 Å². The van der Waals surface area contributed by atoms with Crippen LogP contribution >= 0.6 is 0 Å². The second-order valence-corrected chi connectivity index (χ2v) is 13.9. The highest BCUT2D eigenvalue weighted by Gasteiger charge is 2.59. The maximum atomic E-state index is 13.9. The lowest BCUT2D eigenvalue weighted by Crippen LogP contribution is -2.63. The summed E-state index contributed by atoms with van der Waals surface area (Å²) in [5.74, 6) is -4.62. The summed E-state index contributed by atoms with van der Waals surface area (Å²) >= 11 is 0. The largest absolute Gasteiger partial charge is 0.492 e. The Kier molecular flexibility index (Phi) is 14.0. The van der Waals surface area contributed by atoms with Crippen molar-refractivity contribution in [1.29, 1.82) is 0 Å². The van der Waals surface area contributed by atoms with Crippen molar-refractivity contribution in [3.8, 4) is 16.9 Å². The molecule has 14 heteroatoms. The number of fused-ring (bicyclic) bond motifs is 3. The molecule has 4 rings (SSSR count). The second-order valence-electron chi connectivity index (χ2n) is 13.9. The number of nitrogens with zero attached hydrogens (tertiary/aromatic N) is 1. The molecule has 2 N–H and O–H groups in total. The van der Waals surface area contributed by atoms with Crippen molar-refractivity contribution in [2.75, 3.05) is 26.9 Å². The van der Waals surface area contributed by atoms with Gasteiger partial charge in [-0.15, -0.1) is 0 Å². The van der Waals surface area contributed by atoms with Gasteiger partial charge in [0.25, 0.3) is 0 Å². The van der Waals surface area contributed by atoms with Crippen LogP contribution in [0.2, 0.25) is 0 Å². The van der Waals surface area contributed by atoms with Crippen LogP contribution in [0.15, 0.2) is 34.4 Å². The van der Waals surface area contributed by atoms with Crippen molar-refractivity contribution >= 4 is 23.9 Å². The zero-order chi connectivity index (χ0) is 38.1. The molecule has 1 unspecified atom stereocenters. The van der Waals surface area contributed by atoms with Crippen LogP contribution < -0.4 is 4.74 Å². The summed E-state index contributed by atoms with van der Waals surface area (Å²) in [5, 5.41) is 26.7. The molecule has 14 nitrogen and oxygen atoms in total. The Bertz CT molecular complexity index is 1590. The van der Waals surface area contributed by atoms with Gasteiger partial charge in [0.1, 0.15) is 29.8 Å². The summed E-state index contributed by atoms with van der Waals surface area (Å²) in [6.07, 6.45) is 1.72. The molecule has 2 aliphatic heterocycles. The first-order chi connectivity index (χ1) is 24.7. The van der Waals surface area contributed by atoms with Gasteiger partial charge < -0.3 is 43.2 Å².